The summed E-state index contributed by atoms with van der Waals surface area (Å²) in [7, 11) is -7.60. The van der Waals surface area contributed by atoms with Gasteiger partial charge in [0, 0.05) is 11.4 Å². The predicted molar refractivity (Wildman–Crippen MR) is 137 cm³/mol. The van der Waals surface area contributed by atoms with Crippen molar-refractivity contribution in [2.75, 3.05) is 27.2 Å². The van der Waals surface area contributed by atoms with Gasteiger partial charge >= 0.3 is 0 Å². The number of carbonyl (C=O) groups is 1. The summed E-state index contributed by atoms with van der Waals surface area (Å²) in [6.07, 6.45) is 1.03. The first-order chi connectivity index (χ1) is 16.5. The first kappa shape index (κ1) is 26.0. The number of carbonyl (C=O) groups excluding carboxylic acids is 1. The molecule has 35 heavy (non-hydrogen) atoms. The molecule has 3 aromatic carbocycles. The van der Waals surface area contributed by atoms with Gasteiger partial charge < -0.3 is 10.1 Å². The van der Waals surface area contributed by atoms with E-state index in [0.29, 0.717) is 29.4 Å². The number of rotatable bonds is 10. The van der Waals surface area contributed by atoms with Crippen molar-refractivity contribution in [3.63, 3.8) is 0 Å². The van der Waals surface area contributed by atoms with Crippen molar-refractivity contribution in [1.29, 1.82) is 0 Å². The normalized spacial score (nSPS) is 12.4. The molecule has 9 nitrogen and oxygen atoms in total. The van der Waals surface area contributed by atoms with Crippen LogP contribution in [0.15, 0.2) is 83.8 Å². The molecule has 0 spiro atoms. The zero-order valence-corrected chi connectivity index (χ0v) is 21.1. The van der Waals surface area contributed by atoms with Gasteiger partial charge in [0.15, 0.2) is 0 Å². The van der Waals surface area contributed by atoms with Crippen molar-refractivity contribution < 1.29 is 26.4 Å². The summed E-state index contributed by atoms with van der Waals surface area (Å²) >= 11 is 0. The summed E-state index contributed by atoms with van der Waals surface area (Å²) in [6, 6.07) is 19.3. The average Bonchev–Trinajstić information content (AvgIpc) is 2.80. The molecule has 0 bridgehead atoms. The number of sulfonamides is 2. The minimum atomic E-state index is -3.86. The van der Waals surface area contributed by atoms with Gasteiger partial charge in [-0.25, -0.2) is 16.8 Å². The van der Waals surface area contributed by atoms with Crippen LogP contribution in [0.5, 0.6) is 5.75 Å². The van der Waals surface area contributed by atoms with Gasteiger partial charge in [-0.2, -0.15) is 0 Å². The third kappa shape index (κ3) is 6.74. The molecule has 0 fully saturated rings. The fourth-order valence-corrected chi connectivity index (χ4v) is 5.58. The molecule has 0 radical (unpaired) electrons. The Bertz CT molecular complexity index is 1360. The van der Waals surface area contributed by atoms with Gasteiger partial charge in [0.05, 0.1) is 23.4 Å². The molecule has 1 atom stereocenters. The van der Waals surface area contributed by atoms with Crippen LogP contribution in [0.2, 0.25) is 0 Å². The summed E-state index contributed by atoms with van der Waals surface area (Å²) in [5, 5.41) is 2.64. The molecule has 3 aromatic rings. The molecule has 0 saturated carbocycles. The lowest BCUT2D eigenvalue weighted by Gasteiger charge is -2.28. The Morgan fingerprint density at radius 1 is 0.886 bits per heavy atom. The van der Waals surface area contributed by atoms with Crippen LogP contribution in [-0.4, -0.2) is 41.6 Å². The Morgan fingerprint density at radius 3 is 2.00 bits per heavy atom. The van der Waals surface area contributed by atoms with Crippen LogP contribution < -0.4 is 19.1 Å². The van der Waals surface area contributed by atoms with Gasteiger partial charge in [0.25, 0.3) is 10.0 Å². The lowest BCUT2D eigenvalue weighted by Crippen LogP contribution is -2.45. The first-order valence-electron chi connectivity index (χ1n) is 10.7. The second-order valence-corrected chi connectivity index (χ2v) is 11.2. The average molecular weight is 518 g/mol. The summed E-state index contributed by atoms with van der Waals surface area (Å²) in [6.45, 7) is 3.84. The molecular weight excluding hydrogens is 490 g/mol. The second-order valence-electron chi connectivity index (χ2n) is 7.65. The Kier molecular flexibility index (Phi) is 8.03. The number of nitrogens with zero attached hydrogens (tertiary/aromatic N) is 1. The second kappa shape index (κ2) is 10.8. The van der Waals surface area contributed by atoms with Crippen LogP contribution in [0.4, 0.5) is 17.1 Å². The number of hydrogen-bond donors (Lipinski definition) is 2. The quantitative estimate of drug-likeness (QED) is 0.423. The van der Waals surface area contributed by atoms with Gasteiger partial charge in [-0.05, 0) is 74.5 Å². The standard InChI is InChI=1S/C24H27N3O6S2/c1-4-33-22-14-10-20(11-15-22)26-35(31,32)23-16-12-19(13-17-23)25-24(28)18(2)27(34(3,29)30)21-8-6-5-7-9-21/h5-18,26H,4H2,1-3H3,(H,25,28)/t18-/m1/s1. The summed E-state index contributed by atoms with van der Waals surface area (Å²) in [4.78, 5) is 12.8. The fraction of sp³-hybridized carbons (Fsp3) is 0.208. The van der Waals surface area contributed by atoms with E-state index < -0.39 is 32.0 Å². The number of hydrogen-bond acceptors (Lipinski definition) is 6. The Hall–Kier alpha value is -3.57. The van der Waals surface area contributed by atoms with Crippen LogP contribution in [0.1, 0.15) is 13.8 Å². The van der Waals surface area contributed by atoms with Crippen LogP contribution in [0.3, 0.4) is 0 Å². The molecule has 0 aliphatic heterocycles. The Balaban J connectivity index is 1.71. The topological polar surface area (TPSA) is 122 Å². The molecule has 2 N–H and O–H groups in total. The predicted octanol–water partition coefficient (Wildman–Crippen LogP) is 3.68. The monoisotopic (exact) mass is 517 g/mol. The Morgan fingerprint density at radius 2 is 1.46 bits per heavy atom. The molecule has 0 unspecified atom stereocenters. The van der Waals surface area contributed by atoms with E-state index >= 15 is 0 Å². The van der Waals surface area contributed by atoms with Crippen LogP contribution in [0.25, 0.3) is 0 Å². The minimum absolute atomic E-state index is 0.000481. The van der Waals surface area contributed by atoms with E-state index in [1.165, 1.54) is 31.2 Å². The van der Waals surface area contributed by atoms with Crippen molar-refractivity contribution in [3.8, 4) is 5.75 Å². The molecule has 0 aliphatic carbocycles. The van der Waals surface area contributed by atoms with Crippen molar-refractivity contribution in [1.82, 2.24) is 0 Å². The molecule has 0 aliphatic rings. The number of anilines is 3. The van der Waals surface area contributed by atoms with Gasteiger partial charge in [-0.3, -0.25) is 13.8 Å². The fourth-order valence-electron chi connectivity index (χ4n) is 3.35. The van der Waals surface area contributed by atoms with Crippen molar-refractivity contribution in [3.05, 3.63) is 78.9 Å². The summed E-state index contributed by atoms with van der Waals surface area (Å²) < 4.78 is 59.0. The number of para-hydroxylation sites is 1. The first-order valence-corrected chi connectivity index (χ1v) is 14.1. The third-order valence-electron chi connectivity index (χ3n) is 4.95. The molecule has 186 valence electrons. The SMILES string of the molecule is CCOc1ccc(NS(=O)(=O)c2ccc(NC(=O)[C@@H](C)N(c3ccccc3)S(C)(=O)=O)cc2)cc1. The highest BCUT2D eigenvalue weighted by atomic mass is 32.2. The van der Waals surface area contributed by atoms with Crippen molar-refractivity contribution >= 4 is 43.0 Å². The van der Waals surface area contributed by atoms with Gasteiger partial charge in [-0.15, -0.1) is 0 Å². The highest BCUT2D eigenvalue weighted by Crippen LogP contribution is 2.23. The number of ether oxygens (including phenoxy) is 1. The van der Waals surface area contributed by atoms with E-state index in [0.717, 1.165) is 10.6 Å². The molecular formula is C24H27N3O6S2. The largest absolute Gasteiger partial charge is 0.494 e. The van der Waals surface area contributed by atoms with Crippen molar-refractivity contribution in [2.24, 2.45) is 0 Å². The van der Waals surface area contributed by atoms with Crippen molar-refractivity contribution in [2.45, 2.75) is 24.8 Å². The molecule has 11 heteroatoms. The summed E-state index contributed by atoms with van der Waals surface area (Å²) in [5.41, 5.74) is 1.06. The molecule has 0 saturated heterocycles. The van der Waals surface area contributed by atoms with Crippen LogP contribution in [0, 0.1) is 0 Å². The smallest absolute Gasteiger partial charge is 0.261 e. The molecule has 0 aromatic heterocycles. The molecule has 1 amide bonds. The van der Waals surface area contributed by atoms with E-state index in [4.69, 9.17) is 4.74 Å². The van der Waals surface area contributed by atoms with E-state index in [9.17, 15) is 21.6 Å². The van der Waals surface area contributed by atoms with E-state index in [1.54, 1.807) is 54.6 Å². The zero-order chi connectivity index (χ0) is 25.6. The van der Waals surface area contributed by atoms with E-state index in [2.05, 4.69) is 10.0 Å². The maximum Gasteiger partial charge on any atom is 0.261 e. The lowest BCUT2D eigenvalue weighted by atomic mass is 10.2. The number of amides is 1. The highest BCUT2D eigenvalue weighted by Gasteiger charge is 2.29. The maximum absolute atomic E-state index is 12.8. The molecule has 3 rings (SSSR count). The molecule has 0 heterocycles. The summed E-state index contributed by atoms with van der Waals surface area (Å²) in [5.74, 6) is 0.0638. The van der Waals surface area contributed by atoms with Gasteiger partial charge in [-0.1, -0.05) is 18.2 Å². The van der Waals surface area contributed by atoms with Gasteiger partial charge in [0.2, 0.25) is 15.9 Å². The number of nitrogens with one attached hydrogen (secondary N) is 2. The Labute approximate surface area is 205 Å². The van der Waals surface area contributed by atoms with E-state index in [1.807, 2.05) is 6.92 Å². The van der Waals surface area contributed by atoms with Crippen LogP contribution in [-0.2, 0) is 24.8 Å². The lowest BCUT2D eigenvalue weighted by molar-refractivity contribution is -0.116. The van der Waals surface area contributed by atoms with E-state index in [-0.39, 0.29) is 4.90 Å². The maximum atomic E-state index is 12.8. The zero-order valence-electron chi connectivity index (χ0n) is 19.5. The highest BCUT2D eigenvalue weighted by molar-refractivity contribution is 7.92. The number of benzene rings is 3. The minimum Gasteiger partial charge on any atom is -0.494 e. The third-order valence-corrected chi connectivity index (χ3v) is 7.59. The van der Waals surface area contributed by atoms with Gasteiger partial charge in [0.1, 0.15) is 11.8 Å². The van der Waals surface area contributed by atoms with Crippen LogP contribution >= 0.6 is 0 Å².